The van der Waals surface area contributed by atoms with Crippen LogP contribution < -0.4 is 11.5 Å². The molecule has 0 heterocycles. The lowest BCUT2D eigenvalue weighted by Crippen LogP contribution is -2.41. The number of hydrogen-bond donors (Lipinski definition) is 3. The molecule has 0 fully saturated rings. The van der Waals surface area contributed by atoms with Gasteiger partial charge in [0.2, 0.25) is 0 Å². The van der Waals surface area contributed by atoms with Gasteiger partial charge in [0.15, 0.2) is 0 Å². The molecular formula is C4H12N2O. The second-order valence-corrected chi connectivity index (χ2v) is 1.71. The standard InChI is InChI=1S/C4H12N2O/c1-3(5)4(6)2-7/h3-4,7H,2,5-6H2,1H3/t3-,4-/m1/s1. The van der Waals surface area contributed by atoms with Crippen molar-refractivity contribution in [3.8, 4) is 0 Å². The molecule has 0 saturated carbocycles. The van der Waals surface area contributed by atoms with Crippen LogP contribution in [0.15, 0.2) is 0 Å². The molecule has 0 bridgehead atoms. The molecule has 0 aromatic rings. The van der Waals surface area contributed by atoms with Crippen LogP contribution in [0.2, 0.25) is 0 Å². The third-order valence-electron chi connectivity index (χ3n) is 0.886. The van der Waals surface area contributed by atoms with Crippen molar-refractivity contribution in [1.82, 2.24) is 0 Å². The van der Waals surface area contributed by atoms with Gasteiger partial charge in [0.25, 0.3) is 0 Å². The Bertz CT molecular complexity index is 47.0. The van der Waals surface area contributed by atoms with Gasteiger partial charge in [-0.2, -0.15) is 0 Å². The monoisotopic (exact) mass is 104 g/mol. The summed E-state index contributed by atoms with van der Waals surface area (Å²) in [6.07, 6.45) is 0. The fourth-order valence-electron chi connectivity index (χ4n) is 0.166. The van der Waals surface area contributed by atoms with E-state index >= 15 is 0 Å². The van der Waals surface area contributed by atoms with Crippen LogP contribution in [0.3, 0.4) is 0 Å². The Balaban J connectivity index is 3.14. The fourth-order valence-corrected chi connectivity index (χ4v) is 0.166. The van der Waals surface area contributed by atoms with Gasteiger partial charge in [-0.15, -0.1) is 0 Å². The van der Waals surface area contributed by atoms with Gasteiger partial charge in [0, 0.05) is 12.1 Å². The fraction of sp³-hybridized carbons (Fsp3) is 1.00. The van der Waals surface area contributed by atoms with Crippen LogP contribution >= 0.6 is 0 Å². The molecule has 0 aliphatic rings. The summed E-state index contributed by atoms with van der Waals surface area (Å²) >= 11 is 0. The molecule has 0 aliphatic heterocycles. The lowest BCUT2D eigenvalue weighted by molar-refractivity contribution is 0.253. The first-order valence-corrected chi connectivity index (χ1v) is 2.30. The van der Waals surface area contributed by atoms with Gasteiger partial charge < -0.3 is 16.6 Å². The SMILES string of the molecule is C[C@@H](N)[C@H](N)CO. The summed E-state index contributed by atoms with van der Waals surface area (Å²) in [5.41, 5.74) is 10.5. The number of rotatable bonds is 2. The summed E-state index contributed by atoms with van der Waals surface area (Å²) in [5, 5.41) is 8.30. The van der Waals surface area contributed by atoms with Gasteiger partial charge in [-0.1, -0.05) is 0 Å². The molecule has 0 saturated heterocycles. The third kappa shape index (κ3) is 2.56. The zero-order valence-corrected chi connectivity index (χ0v) is 4.46. The molecule has 0 radical (unpaired) electrons. The molecule has 3 nitrogen and oxygen atoms in total. The van der Waals surface area contributed by atoms with Gasteiger partial charge in [-0.3, -0.25) is 0 Å². The van der Waals surface area contributed by atoms with Crippen molar-refractivity contribution in [2.24, 2.45) is 11.5 Å². The zero-order chi connectivity index (χ0) is 5.86. The Labute approximate surface area is 43.3 Å². The predicted octanol–water partition coefficient (Wildman–Crippen LogP) is -1.35. The Morgan fingerprint density at radius 1 is 1.57 bits per heavy atom. The van der Waals surface area contributed by atoms with Crippen LogP contribution in [0.1, 0.15) is 6.92 Å². The highest BCUT2D eigenvalue weighted by Gasteiger charge is 2.03. The van der Waals surface area contributed by atoms with Crippen molar-refractivity contribution >= 4 is 0 Å². The zero-order valence-electron chi connectivity index (χ0n) is 4.46. The van der Waals surface area contributed by atoms with Crippen LogP contribution in [-0.4, -0.2) is 23.8 Å². The molecule has 0 amide bonds. The van der Waals surface area contributed by atoms with Crippen molar-refractivity contribution in [2.75, 3.05) is 6.61 Å². The number of hydrogen-bond acceptors (Lipinski definition) is 3. The topological polar surface area (TPSA) is 72.3 Å². The summed E-state index contributed by atoms with van der Waals surface area (Å²) in [6.45, 7) is 1.73. The lowest BCUT2D eigenvalue weighted by atomic mass is 10.2. The number of nitrogens with two attached hydrogens (primary N) is 2. The molecular weight excluding hydrogens is 92.1 g/mol. The first kappa shape index (κ1) is 6.88. The highest BCUT2D eigenvalue weighted by Crippen LogP contribution is 1.79. The number of aliphatic hydroxyl groups is 1. The van der Waals surface area contributed by atoms with Gasteiger partial charge >= 0.3 is 0 Å². The minimum atomic E-state index is -0.264. The van der Waals surface area contributed by atoms with Crippen molar-refractivity contribution in [3.63, 3.8) is 0 Å². The van der Waals surface area contributed by atoms with E-state index in [1.165, 1.54) is 0 Å². The highest BCUT2D eigenvalue weighted by atomic mass is 16.3. The highest BCUT2D eigenvalue weighted by molar-refractivity contribution is 4.68. The summed E-state index contributed by atoms with van der Waals surface area (Å²) < 4.78 is 0. The Kier molecular flexibility index (Phi) is 2.91. The maximum atomic E-state index is 8.30. The molecule has 5 N–H and O–H groups in total. The normalized spacial score (nSPS) is 18.9. The van der Waals surface area contributed by atoms with Gasteiger partial charge in [0.1, 0.15) is 0 Å². The van der Waals surface area contributed by atoms with Crippen LogP contribution in [0.5, 0.6) is 0 Å². The first-order valence-electron chi connectivity index (χ1n) is 2.30. The molecule has 0 aromatic carbocycles. The average molecular weight is 104 g/mol. The first-order chi connectivity index (χ1) is 3.18. The summed E-state index contributed by atoms with van der Waals surface area (Å²) in [5.74, 6) is 0. The van der Waals surface area contributed by atoms with E-state index in [1.54, 1.807) is 6.92 Å². The summed E-state index contributed by atoms with van der Waals surface area (Å²) in [6, 6.07) is -0.370. The van der Waals surface area contributed by atoms with E-state index in [2.05, 4.69) is 0 Å². The smallest absolute Gasteiger partial charge is 0.0597 e. The van der Waals surface area contributed by atoms with E-state index in [9.17, 15) is 0 Å². The Morgan fingerprint density at radius 3 is 2.00 bits per heavy atom. The van der Waals surface area contributed by atoms with Crippen LogP contribution in [-0.2, 0) is 0 Å². The molecule has 0 aromatic heterocycles. The van der Waals surface area contributed by atoms with Crippen molar-refractivity contribution in [2.45, 2.75) is 19.0 Å². The lowest BCUT2D eigenvalue weighted by Gasteiger charge is -2.10. The minimum absolute atomic E-state index is 0.0301. The molecule has 0 aliphatic carbocycles. The molecule has 0 unspecified atom stereocenters. The molecule has 7 heavy (non-hydrogen) atoms. The minimum Gasteiger partial charge on any atom is -0.395 e. The van der Waals surface area contributed by atoms with Gasteiger partial charge in [0.05, 0.1) is 6.61 Å². The third-order valence-corrected chi connectivity index (χ3v) is 0.886. The van der Waals surface area contributed by atoms with Crippen molar-refractivity contribution in [3.05, 3.63) is 0 Å². The van der Waals surface area contributed by atoms with Crippen molar-refractivity contribution in [1.29, 1.82) is 0 Å². The van der Waals surface area contributed by atoms with E-state index in [0.717, 1.165) is 0 Å². The molecule has 44 valence electrons. The van der Waals surface area contributed by atoms with E-state index in [-0.39, 0.29) is 18.7 Å². The van der Waals surface area contributed by atoms with Crippen LogP contribution in [0, 0.1) is 0 Å². The Morgan fingerprint density at radius 2 is 2.00 bits per heavy atom. The maximum absolute atomic E-state index is 8.30. The molecule has 2 atom stereocenters. The quantitative estimate of drug-likeness (QED) is 0.405. The molecule has 0 rings (SSSR count). The summed E-state index contributed by atoms with van der Waals surface area (Å²) in [7, 11) is 0. The van der Waals surface area contributed by atoms with E-state index in [1.807, 2.05) is 0 Å². The van der Waals surface area contributed by atoms with E-state index in [4.69, 9.17) is 16.6 Å². The molecule has 0 spiro atoms. The maximum Gasteiger partial charge on any atom is 0.0597 e. The van der Waals surface area contributed by atoms with Crippen molar-refractivity contribution < 1.29 is 5.11 Å². The predicted molar refractivity (Wildman–Crippen MR) is 28.7 cm³/mol. The Hall–Kier alpha value is -0.120. The summed E-state index contributed by atoms with van der Waals surface area (Å²) in [4.78, 5) is 0. The molecule has 3 heteroatoms. The van der Waals surface area contributed by atoms with Crippen LogP contribution in [0.25, 0.3) is 0 Å². The van der Waals surface area contributed by atoms with Gasteiger partial charge in [-0.25, -0.2) is 0 Å². The second-order valence-electron chi connectivity index (χ2n) is 1.71. The van der Waals surface area contributed by atoms with Crippen LogP contribution in [0.4, 0.5) is 0 Å². The van der Waals surface area contributed by atoms with E-state index < -0.39 is 0 Å². The second kappa shape index (κ2) is 2.96. The van der Waals surface area contributed by atoms with Gasteiger partial charge in [-0.05, 0) is 6.92 Å². The van der Waals surface area contributed by atoms with E-state index in [0.29, 0.717) is 0 Å². The largest absolute Gasteiger partial charge is 0.395 e. The average Bonchev–Trinajstić information content (AvgIpc) is 1.65. The number of aliphatic hydroxyl groups excluding tert-OH is 1.